The van der Waals surface area contributed by atoms with E-state index in [1.165, 1.54) is 0 Å². The lowest BCUT2D eigenvalue weighted by Gasteiger charge is -2.12. The second kappa shape index (κ2) is 5.92. The third-order valence-electron chi connectivity index (χ3n) is 2.37. The molecule has 0 unspecified atom stereocenters. The van der Waals surface area contributed by atoms with Crippen LogP contribution < -0.4 is 11.1 Å². The van der Waals surface area contributed by atoms with E-state index < -0.39 is 0 Å². The maximum Gasteiger partial charge on any atom is 0.106 e. The number of pyridine rings is 1. The highest BCUT2D eigenvalue weighted by atomic mass is 35.5. The van der Waals surface area contributed by atoms with Crippen molar-refractivity contribution in [1.29, 1.82) is 0 Å². The van der Waals surface area contributed by atoms with Crippen molar-refractivity contribution in [3.05, 3.63) is 51.2 Å². The minimum absolute atomic E-state index is 0.265. The number of anilines is 2. The summed E-state index contributed by atoms with van der Waals surface area (Å²) >= 11 is 22.9. The van der Waals surface area contributed by atoms with Crippen molar-refractivity contribution in [2.45, 2.75) is 0 Å². The number of rotatable bonds is 3. The molecule has 0 fully saturated rings. The molecule has 0 aliphatic carbocycles. The number of nitrogens with zero attached hydrogens (tertiary/aromatic N) is 1. The Morgan fingerprint density at radius 3 is 2.47 bits per heavy atom. The normalized spacial score (nSPS) is 10.3. The minimum atomic E-state index is 0.265. The molecule has 2 rings (SSSR count). The van der Waals surface area contributed by atoms with E-state index in [2.05, 4.69) is 10.3 Å². The molecule has 0 saturated heterocycles. The summed E-state index contributed by atoms with van der Waals surface area (Å²) in [5.74, 6) is 0. The van der Waals surface area contributed by atoms with Crippen LogP contribution in [0.15, 0.2) is 30.6 Å². The lowest BCUT2D eigenvalue weighted by atomic mass is 10.2. The van der Waals surface area contributed by atoms with Gasteiger partial charge in [-0.15, -0.1) is 0 Å². The number of halogens is 3. The maximum atomic E-state index is 6.09. The van der Waals surface area contributed by atoms with Gasteiger partial charge in [0.2, 0.25) is 0 Å². The van der Waals surface area contributed by atoms with Gasteiger partial charge >= 0.3 is 0 Å². The van der Waals surface area contributed by atoms with Gasteiger partial charge in [0.25, 0.3) is 0 Å². The van der Waals surface area contributed by atoms with Gasteiger partial charge in [0.15, 0.2) is 0 Å². The Hall–Kier alpha value is -1.07. The van der Waals surface area contributed by atoms with Crippen LogP contribution in [0, 0.1) is 0 Å². The van der Waals surface area contributed by atoms with Gasteiger partial charge in [-0.3, -0.25) is 4.98 Å². The Balaban J connectivity index is 2.42. The van der Waals surface area contributed by atoms with Crippen LogP contribution in [0.1, 0.15) is 5.56 Å². The van der Waals surface area contributed by atoms with E-state index in [1.54, 1.807) is 30.6 Å². The molecule has 3 N–H and O–H groups in total. The Labute approximate surface area is 130 Å². The molecule has 0 aliphatic heterocycles. The fourth-order valence-electron chi connectivity index (χ4n) is 1.47. The zero-order chi connectivity index (χ0) is 14.0. The van der Waals surface area contributed by atoms with Crippen molar-refractivity contribution in [3.63, 3.8) is 0 Å². The fourth-order valence-corrected chi connectivity index (χ4v) is 2.24. The van der Waals surface area contributed by atoms with Crippen LogP contribution in [-0.4, -0.2) is 9.97 Å². The van der Waals surface area contributed by atoms with Gasteiger partial charge in [0.05, 0.1) is 32.6 Å². The largest absolute Gasteiger partial charge is 0.389 e. The molecule has 0 saturated carbocycles. The number of hydrogen-bond donors (Lipinski definition) is 2. The summed E-state index contributed by atoms with van der Waals surface area (Å²) in [6.07, 6.45) is 3.21. The smallest absolute Gasteiger partial charge is 0.106 e. The van der Waals surface area contributed by atoms with Crippen molar-refractivity contribution < 1.29 is 0 Å². The van der Waals surface area contributed by atoms with Crippen LogP contribution in [0.4, 0.5) is 11.4 Å². The molecule has 0 radical (unpaired) electrons. The minimum Gasteiger partial charge on any atom is -0.389 e. The van der Waals surface area contributed by atoms with Gasteiger partial charge in [-0.1, -0.05) is 47.0 Å². The van der Waals surface area contributed by atoms with Gasteiger partial charge in [0.1, 0.15) is 4.99 Å². The van der Waals surface area contributed by atoms with Gasteiger partial charge in [-0.05, 0) is 18.2 Å². The molecular formula is C12H8Cl3N3S. The second-order valence-corrected chi connectivity index (χ2v) is 5.32. The molecule has 0 bridgehead atoms. The molecule has 0 aliphatic rings. The van der Waals surface area contributed by atoms with Crippen molar-refractivity contribution >= 4 is 63.4 Å². The van der Waals surface area contributed by atoms with Crippen LogP contribution in [0.3, 0.4) is 0 Å². The molecule has 1 aromatic heterocycles. The summed E-state index contributed by atoms with van der Waals surface area (Å²) in [5.41, 5.74) is 7.56. The van der Waals surface area contributed by atoms with Gasteiger partial charge in [-0.2, -0.15) is 0 Å². The van der Waals surface area contributed by atoms with Crippen LogP contribution in [0.25, 0.3) is 0 Å². The molecule has 98 valence electrons. The number of benzene rings is 1. The average molecular weight is 333 g/mol. The first-order valence-corrected chi connectivity index (χ1v) is 6.68. The summed E-state index contributed by atoms with van der Waals surface area (Å²) in [7, 11) is 0. The predicted octanol–water partition coefficient (Wildman–Crippen LogP) is 4.42. The van der Waals surface area contributed by atoms with Gasteiger partial charge in [0, 0.05) is 11.8 Å². The third-order valence-corrected chi connectivity index (χ3v) is 3.62. The molecular weight excluding hydrogens is 325 g/mol. The highest BCUT2D eigenvalue weighted by Crippen LogP contribution is 2.34. The zero-order valence-electron chi connectivity index (χ0n) is 9.45. The van der Waals surface area contributed by atoms with Crippen LogP contribution in [0.2, 0.25) is 15.1 Å². The molecule has 2 aromatic rings. The lowest BCUT2D eigenvalue weighted by Crippen LogP contribution is -2.12. The number of aromatic nitrogens is 1. The quantitative estimate of drug-likeness (QED) is 0.645. The molecule has 1 aromatic carbocycles. The monoisotopic (exact) mass is 331 g/mol. The average Bonchev–Trinajstić information content (AvgIpc) is 2.36. The van der Waals surface area contributed by atoms with E-state index >= 15 is 0 Å². The molecule has 7 heteroatoms. The second-order valence-electron chi connectivity index (χ2n) is 3.66. The number of thiocarbonyl (C=S) groups is 1. The summed E-state index contributed by atoms with van der Waals surface area (Å²) in [5, 5.41) is 4.31. The van der Waals surface area contributed by atoms with Crippen molar-refractivity contribution in [2.75, 3.05) is 5.32 Å². The van der Waals surface area contributed by atoms with Crippen molar-refractivity contribution in [3.8, 4) is 0 Å². The van der Waals surface area contributed by atoms with E-state index in [-0.39, 0.29) is 4.99 Å². The SMILES string of the molecule is NC(=S)c1ccncc1Nc1cc(Cl)c(Cl)cc1Cl. The summed E-state index contributed by atoms with van der Waals surface area (Å²) in [6.45, 7) is 0. The van der Waals surface area contributed by atoms with E-state index in [4.69, 9.17) is 52.8 Å². The van der Waals surface area contributed by atoms with E-state index in [1.807, 2.05) is 0 Å². The van der Waals surface area contributed by atoms with Gasteiger partial charge in [-0.25, -0.2) is 0 Å². The fraction of sp³-hybridized carbons (Fsp3) is 0. The van der Waals surface area contributed by atoms with Crippen LogP contribution >= 0.6 is 47.0 Å². The van der Waals surface area contributed by atoms with E-state index in [0.29, 0.717) is 32.0 Å². The molecule has 0 spiro atoms. The van der Waals surface area contributed by atoms with E-state index in [9.17, 15) is 0 Å². The van der Waals surface area contributed by atoms with Crippen LogP contribution in [0.5, 0.6) is 0 Å². The van der Waals surface area contributed by atoms with Crippen molar-refractivity contribution in [1.82, 2.24) is 4.98 Å². The number of hydrogen-bond acceptors (Lipinski definition) is 3. The predicted molar refractivity (Wildman–Crippen MR) is 84.9 cm³/mol. The molecule has 19 heavy (non-hydrogen) atoms. The molecule has 3 nitrogen and oxygen atoms in total. The Bertz CT molecular complexity index is 646. The maximum absolute atomic E-state index is 6.09. The number of nitrogens with two attached hydrogens (primary N) is 1. The number of nitrogens with one attached hydrogen (secondary N) is 1. The van der Waals surface area contributed by atoms with Gasteiger partial charge < -0.3 is 11.1 Å². The molecule has 1 heterocycles. The van der Waals surface area contributed by atoms with E-state index in [0.717, 1.165) is 0 Å². The molecule has 0 amide bonds. The first-order chi connectivity index (χ1) is 8.99. The third kappa shape index (κ3) is 3.28. The standard InChI is InChI=1S/C12H8Cl3N3S/c13-7-3-9(15)10(4-8(7)14)18-11-5-17-2-1-6(11)12(16)19/h1-5,18H,(H2,16,19). The summed E-state index contributed by atoms with van der Waals surface area (Å²) in [4.78, 5) is 4.28. The Kier molecular flexibility index (Phi) is 4.47. The Morgan fingerprint density at radius 2 is 1.79 bits per heavy atom. The summed E-state index contributed by atoms with van der Waals surface area (Å²) < 4.78 is 0. The first kappa shape index (κ1) is 14.3. The molecule has 0 atom stereocenters. The summed E-state index contributed by atoms with van der Waals surface area (Å²) in [6, 6.07) is 4.91. The van der Waals surface area contributed by atoms with Crippen LogP contribution in [-0.2, 0) is 0 Å². The highest BCUT2D eigenvalue weighted by molar-refractivity contribution is 7.80. The zero-order valence-corrected chi connectivity index (χ0v) is 12.5. The topological polar surface area (TPSA) is 50.9 Å². The lowest BCUT2D eigenvalue weighted by molar-refractivity contribution is 1.31. The Morgan fingerprint density at radius 1 is 1.11 bits per heavy atom. The highest BCUT2D eigenvalue weighted by Gasteiger charge is 2.09. The van der Waals surface area contributed by atoms with Crippen molar-refractivity contribution in [2.24, 2.45) is 5.73 Å². The first-order valence-electron chi connectivity index (χ1n) is 5.14.